The predicted molar refractivity (Wildman–Crippen MR) is 105 cm³/mol. The molecule has 0 aliphatic rings. The SMILES string of the molecule is COc1cc(CNC(C)c2ccccc2)ccc1-c1ccc(C(F)(F)F)cc1. The maximum Gasteiger partial charge on any atom is 0.416 e. The zero-order valence-electron chi connectivity index (χ0n) is 15.8. The molecule has 0 aliphatic heterocycles. The van der Waals surface area contributed by atoms with E-state index < -0.39 is 11.7 Å². The molecule has 1 unspecified atom stereocenters. The minimum absolute atomic E-state index is 0.196. The summed E-state index contributed by atoms with van der Waals surface area (Å²) >= 11 is 0. The second-order valence-electron chi connectivity index (χ2n) is 6.62. The second-order valence-corrected chi connectivity index (χ2v) is 6.62. The van der Waals surface area contributed by atoms with Gasteiger partial charge in [0.15, 0.2) is 0 Å². The molecule has 5 heteroatoms. The first-order valence-electron chi connectivity index (χ1n) is 9.01. The monoisotopic (exact) mass is 385 g/mol. The van der Waals surface area contributed by atoms with E-state index in [0.717, 1.165) is 23.3 Å². The number of rotatable bonds is 6. The van der Waals surface area contributed by atoms with Gasteiger partial charge in [0.1, 0.15) is 5.75 Å². The first kappa shape index (κ1) is 20.0. The Labute approximate surface area is 163 Å². The van der Waals surface area contributed by atoms with E-state index in [1.807, 2.05) is 36.4 Å². The molecule has 146 valence electrons. The third-order valence-corrected chi connectivity index (χ3v) is 4.70. The Hall–Kier alpha value is -2.79. The molecule has 0 saturated carbocycles. The van der Waals surface area contributed by atoms with E-state index in [2.05, 4.69) is 24.4 Å². The summed E-state index contributed by atoms with van der Waals surface area (Å²) in [6, 6.07) is 21.2. The van der Waals surface area contributed by atoms with Crippen molar-refractivity contribution in [1.29, 1.82) is 0 Å². The molecule has 0 amide bonds. The fourth-order valence-electron chi connectivity index (χ4n) is 3.05. The van der Waals surface area contributed by atoms with Gasteiger partial charge in [-0.05, 0) is 41.8 Å². The predicted octanol–water partition coefficient (Wildman–Crippen LogP) is 6.23. The smallest absolute Gasteiger partial charge is 0.416 e. The summed E-state index contributed by atoms with van der Waals surface area (Å²) in [6.45, 7) is 2.75. The zero-order chi connectivity index (χ0) is 20.1. The van der Waals surface area contributed by atoms with Crippen molar-refractivity contribution < 1.29 is 17.9 Å². The largest absolute Gasteiger partial charge is 0.496 e. The lowest BCUT2D eigenvalue weighted by Gasteiger charge is -2.16. The molecule has 3 aromatic carbocycles. The molecule has 3 rings (SSSR count). The summed E-state index contributed by atoms with van der Waals surface area (Å²) in [4.78, 5) is 0. The van der Waals surface area contributed by atoms with E-state index in [9.17, 15) is 13.2 Å². The zero-order valence-corrected chi connectivity index (χ0v) is 15.8. The molecule has 0 spiro atoms. The molecule has 2 nitrogen and oxygen atoms in total. The van der Waals surface area contributed by atoms with Gasteiger partial charge in [-0.3, -0.25) is 0 Å². The van der Waals surface area contributed by atoms with Crippen molar-refractivity contribution in [3.05, 3.63) is 89.5 Å². The average molecular weight is 385 g/mol. The topological polar surface area (TPSA) is 21.3 Å². The molecule has 3 aromatic rings. The molecule has 0 aliphatic carbocycles. The molecule has 0 radical (unpaired) electrons. The average Bonchev–Trinajstić information content (AvgIpc) is 2.72. The Bertz CT molecular complexity index is 905. The quantitative estimate of drug-likeness (QED) is 0.543. The number of hydrogen-bond donors (Lipinski definition) is 1. The molecule has 0 heterocycles. The summed E-state index contributed by atoms with van der Waals surface area (Å²) in [7, 11) is 1.56. The maximum absolute atomic E-state index is 12.8. The Morgan fingerprint density at radius 2 is 1.61 bits per heavy atom. The fourth-order valence-corrected chi connectivity index (χ4v) is 3.05. The van der Waals surface area contributed by atoms with Gasteiger partial charge in [0.05, 0.1) is 12.7 Å². The van der Waals surface area contributed by atoms with Gasteiger partial charge in [0.2, 0.25) is 0 Å². The minimum Gasteiger partial charge on any atom is -0.496 e. The second kappa shape index (κ2) is 8.48. The van der Waals surface area contributed by atoms with E-state index in [1.54, 1.807) is 7.11 Å². The Kier molecular flexibility index (Phi) is 6.05. The molecule has 0 saturated heterocycles. The van der Waals surface area contributed by atoms with Crippen molar-refractivity contribution in [1.82, 2.24) is 5.32 Å². The number of hydrogen-bond acceptors (Lipinski definition) is 2. The van der Waals surface area contributed by atoms with Gasteiger partial charge in [0.25, 0.3) is 0 Å². The number of benzene rings is 3. The van der Waals surface area contributed by atoms with Crippen molar-refractivity contribution in [3.63, 3.8) is 0 Å². The Morgan fingerprint density at radius 3 is 2.21 bits per heavy atom. The number of ether oxygens (including phenoxy) is 1. The lowest BCUT2D eigenvalue weighted by Crippen LogP contribution is -2.18. The summed E-state index contributed by atoms with van der Waals surface area (Å²) in [5.74, 6) is 0.631. The van der Waals surface area contributed by atoms with Crippen LogP contribution in [0.3, 0.4) is 0 Å². The van der Waals surface area contributed by atoms with Crippen LogP contribution in [0.25, 0.3) is 11.1 Å². The van der Waals surface area contributed by atoms with Crippen molar-refractivity contribution in [2.24, 2.45) is 0 Å². The summed E-state index contributed by atoms with van der Waals surface area (Å²) in [5, 5.41) is 3.47. The van der Waals surface area contributed by atoms with E-state index >= 15 is 0 Å². The van der Waals surface area contributed by atoms with Crippen LogP contribution in [0.1, 0.15) is 29.7 Å². The summed E-state index contributed by atoms with van der Waals surface area (Å²) in [6.07, 6.45) is -4.34. The van der Waals surface area contributed by atoms with Crippen LogP contribution in [-0.4, -0.2) is 7.11 Å². The maximum atomic E-state index is 12.8. The molecular weight excluding hydrogens is 363 g/mol. The van der Waals surface area contributed by atoms with Crippen molar-refractivity contribution in [2.45, 2.75) is 25.7 Å². The molecule has 1 N–H and O–H groups in total. The third kappa shape index (κ3) is 4.73. The summed E-state index contributed by atoms with van der Waals surface area (Å²) in [5.41, 5.74) is 3.02. The number of nitrogens with one attached hydrogen (secondary N) is 1. The van der Waals surface area contributed by atoms with Crippen LogP contribution in [0.4, 0.5) is 13.2 Å². The standard InChI is InChI=1S/C23H22F3NO/c1-16(18-6-4-3-5-7-18)27-15-17-8-13-21(22(14-17)28-2)19-9-11-20(12-10-19)23(24,25)26/h3-14,16,27H,15H2,1-2H3. The lowest BCUT2D eigenvalue weighted by molar-refractivity contribution is -0.137. The number of methoxy groups -OCH3 is 1. The van der Waals surface area contributed by atoms with Crippen LogP contribution in [0.15, 0.2) is 72.8 Å². The highest BCUT2D eigenvalue weighted by Gasteiger charge is 2.30. The van der Waals surface area contributed by atoms with E-state index in [4.69, 9.17) is 4.74 Å². The highest BCUT2D eigenvalue weighted by atomic mass is 19.4. The Balaban J connectivity index is 1.75. The van der Waals surface area contributed by atoms with Gasteiger partial charge in [-0.25, -0.2) is 0 Å². The molecule has 0 fully saturated rings. The van der Waals surface area contributed by atoms with E-state index in [-0.39, 0.29) is 6.04 Å². The minimum atomic E-state index is -4.34. The fraction of sp³-hybridized carbons (Fsp3) is 0.217. The Morgan fingerprint density at radius 1 is 0.929 bits per heavy atom. The van der Waals surface area contributed by atoms with Crippen molar-refractivity contribution >= 4 is 0 Å². The third-order valence-electron chi connectivity index (χ3n) is 4.70. The summed E-state index contributed by atoms with van der Waals surface area (Å²) < 4.78 is 43.8. The van der Waals surface area contributed by atoms with Crippen LogP contribution in [0.5, 0.6) is 5.75 Å². The van der Waals surface area contributed by atoms with E-state index in [1.165, 1.54) is 17.7 Å². The van der Waals surface area contributed by atoms with Gasteiger partial charge in [-0.15, -0.1) is 0 Å². The molecule has 0 bridgehead atoms. The van der Waals surface area contributed by atoms with Crippen molar-refractivity contribution in [3.8, 4) is 16.9 Å². The van der Waals surface area contributed by atoms with Gasteiger partial charge in [-0.1, -0.05) is 54.6 Å². The van der Waals surface area contributed by atoms with Crippen LogP contribution < -0.4 is 10.1 Å². The molecular formula is C23H22F3NO. The van der Waals surface area contributed by atoms with Crippen LogP contribution in [0, 0.1) is 0 Å². The number of halogens is 3. The van der Waals surface area contributed by atoms with Crippen molar-refractivity contribution in [2.75, 3.05) is 7.11 Å². The van der Waals surface area contributed by atoms with Crippen LogP contribution in [-0.2, 0) is 12.7 Å². The van der Waals surface area contributed by atoms with Gasteiger partial charge in [-0.2, -0.15) is 13.2 Å². The highest BCUT2D eigenvalue weighted by molar-refractivity contribution is 5.71. The van der Waals surface area contributed by atoms with Crippen LogP contribution in [0.2, 0.25) is 0 Å². The first-order chi connectivity index (χ1) is 13.4. The van der Waals surface area contributed by atoms with Gasteiger partial charge >= 0.3 is 6.18 Å². The van der Waals surface area contributed by atoms with Gasteiger partial charge in [0, 0.05) is 18.2 Å². The highest BCUT2D eigenvalue weighted by Crippen LogP contribution is 2.34. The van der Waals surface area contributed by atoms with Crippen LogP contribution >= 0.6 is 0 Å². The van der Waals surface area contributed by atoms with Gasteiger partial charge < -0.3 is 10.1 Å². The van der Waals surface area contributed by atoms with E-state index in [0.29, 0.717) is 17.9 Å². The number of alkyl halides is 3. The lowest BCUT2D eigenvalue weighted by atomic mass is 10.0. The first-order valence-corrected chi connectivity index (χ1v) is 9.01. The molecule has 28 heavy (non-hydrogen) atoms. The molecule has 0 aromatic heterocycles. The molecule has 1 atom stereocenters. The normalized spacial score (nSPS) is 12.6.